The van der Waals surface area contributed by atoms with E-state index < -0.39 is 16.9 Å². The summed E-state index contributed by atoms with van der Waals surface area (Å²) >= 11 is 0.435. The van der Waals surface area contributed by atoms with Gasteiger partial charge in [0.1, 0.15) is 10.6 Å². The molecule has 0 aliphatic heterocycles. The number of ether oxygens (including phenoxy) is 1. The standard InChI is InChI=1S/C23H13F2O2S2/c24-18-13-19(28-22(18)25)23(26)27-14-9-11-15(12-10-14)29-20-7-3-1-5-16(20)17-6-2-4-8-21(17)29/h1-13H/q+1. The van der Waals surface area contributed by atoms with Gasteiger partial charge in [-0.1, -0.05) is 35.6 Å². The first-order valence-electron chi connectivity index (χ1n) is 8.81. The molecule has 0 fully saturated rings. The molecule has 5 rings (SSSR count). The number of fused-ring (bicyclic) bond motifs is 3. The fourth-order valence-corrected chi connectivity index (χ4v) is 6.37. The highest BCUT2D eigenvalue weighted by atomic mass is 32.2. The van der Waals surface area contributed by atoms with E-state index in [1.807, 2.05) is 36.4 Å². The molecule has 0 unspecified atom stereocenters. The lowest BCUT2D eigenvalue weighted by atomic mass is 10.2. The lowest BCUT2D eigenvalue weighted by molar-refractivity contribution is 0.0739. The van der Waals surface area contributed by atoms with Crippen LogP contribution in [0.4, 0.5) is 8.78 Å². The number of carbonyl (C=O) groups excluding carboxylic acids is 1. The summed E-state index contributed by atoms with van der Waals surface area (Å²) in [7, 11) is -0.235. The fraction of sp³-hybridized carbons (Fsp3) is 0. The smallest absolute Gasteiger partial charge is 0.353 e. The average molecular weight is 423 g/mol. The fourth-order valence-electron chi connectivity index (χ4n) is 3.35. The third kappa shape index (κ3) is 3.10. The largest absolute Gasteiger partial charge is 0.422 e. The van der Waals surface area contributed by atoms with Crippen LogP contribution in [0.5, 0.6) is 5.75 Å². The third-order valence-electron chi connectivity index (χ3n) is 4.62. The zero-order chi connectivity index (χ0) is 20.0. The zero-order valence-electron chi connectivity index (χ0n) is 14.9. The van der Waals surface area contributed by atoms with Crippen LogP contribution in [0, 0.1) is 10.9 Å². The lowest BCUT2D eigenvalue weighted by Crippen LogP contribution is -2.06. The molecule has 0 bridgehead atoms. The van der Waals surface area contributed by atoms with Gasteiger partial charge in [0.05, 0.1) is 0 Å². The Kier molecular flexibility index (Phi) is 4.38. The number of carbonyl (C=O) groups is 1. The van der Waals surface area contributed by atoms with E-state index in [1.54, 1.807) is 12.1 Å². The van der Waals surface area contributed by atoms with Crippen LogP contribution in [0.25, 0.3) is 25.1 Å². The van der Waals surface area contributed by atoms with Gasteiger partial charge in [0.2, 0.25) is 5.13 Å². The van der Waals surface area contributed by atoms with Crippen molar-refractivity contribution in [3.05, 3.63) is 94.7 Å². The van der Waals surface area contributed by atoms with E-state index in [4.69, 9.17) is 4.74 Å². The van der Waals surface area contributed by atoms with Crippen molar-refractivity contribution < 1.29 is 18.3 Å². The van der Waals surface area contributed by atoms with E-state index >= 15 is 0 Å². The van der Waals surface area contributed by atoms with E-state index in [-0.39, 0.29) is 15.3 Å². The highest BCUT2D eigenvalue weighted by Gasteiger charge is 2.23. The van der Waals surface area contributed by atoms with Crippen LogP contribution < -0.4 is 4.74 Å². The minimum Gasteiger partial charge on any atom is -0.422 e. The molecule has 2 nitrogen and oxygen atoms in total. The minimum atomic E-state index is -1.04. The molecule has 0 spiro atoms. The number of hydrogen-bond acceptors (Lipinski definition) is 3. The summed E-state index contributed by atoms with van der Waals surface area (Å²) in [5.41, 5.74) is 0. The van der Waals surface area contributed by atoms with Gasteiger partial charge in [-0.3, -0.25) is 0 Å². The lowest BCUT2D eigenvalue weighted by Gasteiger charge is -2.02. The van der Waals surface area contributed by atoms with Crippen molar-refractivity contribution >= 4 is 47.9 Å². The van der Waals surface area contributed by atoms with Crippen molar-refractivity contribution in [2.75, 3.05) is 0 Å². The first-order valence-corrected chi connectivity index (χ1v) is 10.9. The van der Waals surface area contributed by atoms with Gasteiger partial charge in [0.15, 0.2) is 20.1 Å². The predicted molar refractivity (Wildman–Crippen MR) is 114 cm³/mol. The van der Waals surface area contributed by atoms with Gasteiger partial charge in [-0.15, -0.1) is 0 Å². The van der Waals surface area contributed by atoms with E-state index in [2.05, 4.69) is 24.3 Å². The molecular formula is C23H13F2O2S2+. The van der Waals surface area contributed by atoms with E-state index in [1.165, 1.54) is 20.2 Å². The summed E-state index contributed by atoms with van der Waals surface area (Å²) in [6.07, 6.45) is 0. The van der Waals surface area contributed by atoms with Crippen LogP contribution in [-0.2, 0) is 0 Å². The highest BCUT2D eigenvalue weighted by Crippen LogP contribution is 2.48. The number of benzene rings is 3. The molecule has 3 aromatic carbocycles. The maximum Gasteiger partial charge on any atom is 0.353 e. The Balaban J connectivity index is 1.51. The van der Waals surface area contributed by atoms with Gasteiger partial charge in [-0.25, -0.2) is 9.18 Å². The maximum atomic E-state index is 13.1. The normalized spacial score (nSPS) is 11.2. The molecule has 0 aliphatic carbocycles. The van der Waals surface area contributed by atoms with Crippen LogP contribution in [0.2, 0.25) is 0 Å². The maximum absolute atomic E-state index is 13.1. The van der Waals surface area contributed by atoms with Gasteiger partial charge < -0.3 is 4.74 Å². The number of halogens is 2. The molecule has 0 radical (unpaired) electrons. The summed E-state index contributed by atoms with van der Waals surface area (Å²) in [6.45, 7) is 0. The summed E-state index contributed by atoms with van der Waals surface area (Å²) in [5.74, 6) is -1.49. The number of esters is 1. The summed E-state index contributed by atoms with van der Waals surface area (Å²) in [6, 6.07) is 24.9. The van der Waals surface area contributed by atoms with Crippen LogP contribution in [0.15, 0.2) is 78.9 Å². The van der Waals surface area contributed by atoms with E-state index in [0.29, 0.717) is 17.1 Å². The second-order valence-corrected chi connectivity index (χ2v) is 9.36. The molecule has 0 saturated carbocycles. The van der Waals surface area contributed by atoms with Gasteiger partial charge in [-0.05, 0) is 36.4 Å². The molecule has 6 heteroatoms. The van der Waals surface area contributed by atoms with Crippen molar-refractivity contribution in [2.24, 2.45) is 0 Å². The van der Waals surface area contributed by atoms with Crippen LogP contribution in [0.1, 0.15) is 9.67 Å². The molecule has 0 N–H and O–H groups in total. The molecule has 0 saturated heterocycles. The Labute approximate surface area is 171 Å². The van der Waals surface area contributed by atoms with Gasteiger partial charge in [-0.2, -0.15) is 4.39 Å². The molecule has 0 atom stereocenters. The number of hydrogen-bond donors (Lipinski definition) is 0. The Hall–Kier alpha value is -3.09. The van der Waals surface area contributed by atoms with Crippen molar-refractivity contribution in [3.8, 4) is 10.6 Å². The zero-order valence-corrected chi connectivity index (χ0v) is 16.5. The minimum absolute atomic E-state index is 0.107. The number of thiophene rings is 2. The summed E-state index contributed by atoms with van der Waals surface area (Å²) < 4.78 is 34.1. The molecule has 2 heterocycles. The SMILES string of the molecule is O=C(Oc1ccc(-[s+]2c3ccccc3c3ccccc32)cc1)c1cc(F)c(F)s1. The van der Waals surface area contributed by atoms with Crippen LogP contribution in [0.3, 0.4) is 0 Å². The second kappa shape index (κ2) is 7.06. The van der Waals surface area contributed by atoms with E-state index in [0.717, 1.165) is 11.0 Å². The molecule has 29 heavy (non-hydrogen) atoms. The topological polar surface area (TPSA) is 26.3 Å². The monoisotopic (exact) mass is 423 g/mol. The van der Waals surface area contributed by atoms with Gasteiger partial charge in [0.25, 0.3) is 0 Å². The van der Waals surface area contributed by atoms with Gasteiger partial charge >= 0.3 is 5.97 Å². The molecule has 0 amide bonds. The number of rotatable bonds is 3. The quantitative estimate of drug-likeness (QED) is 0.173. The molecule has 0 aliphatic rings. The summed E-state index contributed by atoms with van der Waals surface area (Å²) in [5, 5.41) is 1.46. The Morgan fingerprint density at radius 2 is 1.41 bits per heavy atom. The Bertz CT molecular complexity index is 1290. The van der Waals surface area contributed by atoms with E-state index in [9.17, 15) is 13.6 Å². The molecule has 5 aromatic rings. The Morgan fingerprint density at radius 3 is 1.97 bits per heavy atom. The molecule has 2 aromatic heterocycles. The molecule has 142 valence electrons. The van der Waals surface area contributed by atoms with Crippen LogP contribution in [-0.4, -0.2) is 5.97 Å². The van der Waals surface area contributed by atoms with Gasteiger partial charge in [0, 0.05) is 39.4 Å². The second-order valence-electron chi connectivity index (χ2n) is 6.39. The highest BCUT2D eigenvalue weighted by molar-refractivity contribution is 7.50. The van der Waals surface area contributed by atoms with Crippen molar-refractivity contribution in [1.29, 1.82) is 0 Å². The van der Waals surface area contributed by atoms with Crippen molar-refractivity contribution in [2.45, 2.75) is 0 Å². The predicted octanol–water partition coefficient (Wildman–Crippen LogP) is 7.29. The Morgan fingerprint density at radius 1 is 0.828 bits per heavy atom. The first-order chi connectivity index (χ1) is 14.1. The van der Waals surface area contributed by atoms with Crippen molar-refractivity contribution in [1.82, 2.24) is 0 Å². The first kappa shape index (κ1) is 18.0. The summed E-state index contributed by atoms with van der Waals surface area (Å²) in [4.78, 5) is 13.1. The molecular weight excluding hydrogens is 410 g/mol. The van der Waals surface area contributed by atoms with Crippen molar-refractivity contribution in [3.63, 3.8) is 0 Å². The van der Waals surface area contributed by atoms with Crippen LogP contribution >= 0.6 is 21.8 Å². The average Bonchev–Trinajstić information content (AvgIpc) is 3.26. The third-order valence-corrected chi connectivity index (χ3v) is 7.83.